The highest BCUT2D eigenvalue weighted by Crippen LogP contribution is 2.17. The van der Waals surface area contributed by atoms with Crippen molar-refractivity contribution in [2.24, 2.45) is 10.9 Å². The maximum absolute atomic E-state index is 12.4. The van der Waals surface area contributed by atoms with Gasteiger partial charge in [0.25, 0.3) is 0 Å². The fraction of sp³-hybridized carbons (Fsp3) is 0.905. The van der Waals surface area contributed by atoms with Gasteiger partial charge in [0, 0.05) is 46.3 Å². The lowest BCUT2D eigenvalue weighted by molar-refractivity contribution is 0.0253. The van der Waals surface area contributed by atoms with E-state index in [0.29, 0.717) is 25.6 Å². The molecule has 0 radical (unpaired) electrons. The molecule has 1 unspecified atom stereocenters. The smallest absolute Gasteiger partial charge is 0.410 e. The Labute approximate surface area is 195 Å². The van der Waals surface area contributed by atoms with E-state index >= 15 is 0 Å². The summed E-state index contributed by atoms with van der Waals surface area (Å²) in [6, 6.07) is 0. The van der Waals surface area contributed by atoms with Gasteiger partial charge in [0.15, 0.2) is 5.96 Å². The minimum Gasteiger partial charge on any atom is -0.444 e. The lowest BCUT2D eigenvalue weighted by Crippen LogP contribution is -2.45. The van der Waals surface area contributed by atoms with Crippen molar-refractivity contribution >= 4 is 36.0 Å². The number of carbonyl (C=O) groups is 1. The molecule has 29 heavy (non-hydrogen) atoms. The highest BCUT2D eigenvalue weighted by Gasteiger charge is 2.26. The Balaban J connectivity index is 0.00000784. The number of hydrogen-bond donors (Lipinski definition) is 1. The number of ether oxygens (including phenoxy) is 1. The van der Waals surface area contributed by atoms with E-state index in [0.717, 1.165) is 45.1 Å². The maximum Gasteiger partial charge on any atom is 0.410 e. The molecule has 0 bridgehead atoms. The Morgan fingerprint density at radius 3 is 2.38 bits per heavy atom. The average Bonchev–Trinajstić information content (AvgIpc) is 3.09. The molecule has 0 saturated carbocycles. The third kappa shape index (κ3) is 10.7. The van der Waals surface area contributed by atoms with Crippen LogP contribution < -0.4 is 5.32 Å². The second-order valence-corrected chi connectivity index (χ2v) is 8.53. The van der Waals surface area contributed by atoms with E-state index in [2.05, 4.69) is 40.9 Å². The van der Waals surface area contributed by atoms with Gasteiger partial charge >= 0.3 is 6.09 Å². The summed E-state index contributed by atoms with van der Waals surface area (Å²) in [4.78, 5) is 23.4. The Hall–Kier alpha value is -0.770. The first-order valence-corrected chi connectivity index (χ1v) is 10.9. The molecule has 1 saturated heterocycles. The number of aliphatic imine (C=N–C) groups is 1. The van der Waals surface area contributed by atoms with Gasteiger partial charge in [-0.25, -0.2) is 4.79 Å². The summed E-state index contributed by atoms with van der Waals surface area (Å²) in [6.07, 6.45) is 1.87. The third-order valence-electron chi connectivity index (χ3n) is 5.02. The molecule has 1 amide bonds. The number of nitrogens with zero attached hydrogens (tertiary/aromatic N) is 4. The molecule has 7 nitrogen and oxygen atoms in total. The zero-order valence-corrected chi connectivity index (χ0v) is 22.0. The molecular formula is C21H44IN5O2. The van der Waals surface area contributed by atoms with Crippen molar-refractivity contribution in [2.45, 2.75) is 60.0 Å². The van der Waals surface area contributed by atoms with Crippen LogP contribution in [0.1, 0.15) is 54.4 Å². The Morgan fingerprint density at radius 2 is 1.86 bits per heavy atom. The van der Waals surface area contributed by atoms with Gasteiger partial charge in [-0.3, -0.25) is 4.99 Å². The molecule has 1 atom stereocenters. The van der Waals surface area contributed by atoms with E-state index in [1.807, 2.05) is 27.8 Å². The molecule has 0 aromatic heterocycles. The second-order valence-electron chi connectivity index (χ2n) is 8.53. The van der Waals surface area contributed by atoms with Crippen LogP contribution in [-0.2, 0) is 4.74 Å². The van der Waals surface area contributed by atoms with Crippen LogP contribution >= 0.6 is 24.0 Å². The molecule has 0 aliphatic carbocycles. The second kappa shape index (κ2) is 14.3. The van der Waals surface area contributed by atoms with Crippen molar-refractivity contribution in [3.05, 3.63) is 0 Å². The number of amides is 1. The quantitative estimate of drug-likeness (QED) is 0.284. The largest absolute Gasteiger partial charge is 0.444 e. The minimum atomic E-state index is -0.470. The van der Waals surface area contributed by atoms with Gasteiger partial charge in [0.1, 0.15) is 5.60 Å². The molecule has 1 aliphatic heterocycles. The van der Waals surface area contributed by atoms with Crippen molar-refractivity contribution < 1.29 is 9.53 Å². The van der Waals surface area contributed by atoms with Crippen molar-refractivity contribution in [1.82, 2.24) is 20.0 Å². The van der Waals surface area contributed by atoms with Crippen LogP contribution in [0.3, 0.4) is 0 Å². The number of nitrogens with one attached hydrogen (secondary N) is 1. The lowest BCUT2D eigenvalue weighted by Gasteiger charge is -2.28. The van der Waals surface area contributed by atoms with Gasteiger partial charge in [-0.15, -0.1) is 24.0 Å². The molecule has 1 heterocycles. The first kappa shape index (κ1) is 28.2. The molecule has 0 aromatic carbocycles. The Bertz CT molecular complexity index is 492. The van der Waals surface area contributed by atoms with Crippen LogP contribution in [0, 0.1) is 5.92 Å². The van der Waals surface area contributed by atoms with Gasteiger partial charge in [-0.1, -0.05) is 20.8 Å². The number of halogens is 1. The highest BCUT2D eigenvalue weighted by molar-refractivity contribution is 14.0. The van der Waals surface area contributed by atoms with Crippen LogP contribution in [0.4, 0.5) is 4.79 Å². The van der Waals surface area contributed by atoms with E-state index < -0.39 is 5.60 Å². The predicted octanol–water partition coefficient (Wildman–Crippen LogP) is 3.49. The molecule has 1 N–H and O–H groups in total. The van der Waals surface area contributed by atoms with E-state index in [1.165, 1.54) is 6.42 Å². The van der Waals surface area contributed by atoms with E-state index in [-0.39, 0.29) is 30.1 Å². The third-order valence-corrected chi connectivity index (χ3v) is 5.02. The summed E-state index contributed by atoms with van der Waals surface area (Å²) < 4.78 is 5.52. The maximum atomic E-state index is 12.4. The van der Waals surface area contributed by atoms with Gasteiger partial charge in [0.2, 0.25) is 0 Å². The predicted molar refractivity (Wildman–Crippen MR) is 132 cm³/mol. The fourth-order valence-corrected chi connectivity index (χ4v) is 3.55. The van der Waals surface area contributed by atoms with Crippen LogP contribution in [-0.4, -0.2) is 91.8 Å². The molecule has 0 spiro atoms. The van der Waals surface area contributed by atoms with Crippen molar-refractivity contribution in [1.29, 1.82) is 0 Å². The minimum absolute atomic E-state index is 0. The summed E-state index contributed by atoms with van der Waals surface area (Å²) in [5.41, 5.74) is -0.470. The SMILES string of the molecule is CCCN(CCNC(=NC)N1CCC(CN(CC)CC)C1)C(=O)OC(C)(C)C.I. The summed E-state index contributed by atoms with van der Waals surface area (Å²) in [7, 11) is 1.83. The Kier molecular flexibility index (Phi) is 13.9. The van der Waals surface area contributed by atoms with Gasteiger partial charge < -0.3 is 24.8 Å². The van der Waals surface area contributed by atoms with Crippen LogP contribution in [0.25, 0.3) is 0 Å². The van der Waals surface area contributed by atoms with Gasteiger partial charge in [0.05, 0.1) is 0 Å². The zero-order valence-electron chi connectivity index (χ0n) is 19.7. The van der Waals surface area contributed by atoms with E-state index in [9.17, 15) is 4.79 Å². The molecular weight excluding hydrogens is 481 g/mol. The average molecular weight is 526 g/mol. The van der Waals surface area contributed by atoms with Crippen molar-refractivity contribution in [2.75, 3.05) is 59.4 Å². The van der Waals surface area contributed by atoms with E-state index in [1.54, 1.807) is 4.90 Å². The topological polar surface area (TPSA) is 60.4 Å². The van der Waals surface area contributed by atoms with Crippen LogP contribution in [0.2, 0.25) is 0 Å². The number of likely N-dealkylation sites (tertiary alicyclic amines) is 1. The lowest BCUT2D eigenvalue weighted by atomic mass is 10.1. The number of guanidine groups is 1. The molecule has 1 rings (SSSR count). The van der Waals surface area contributed by atoms with Crippen molar-refractivity contribution in [3.63, 3.8) is 0 Å². The first-order valence-electron chi connectivity index (χ1n) is 10.9. The fourth-order valence-electron chi connectivity index (χ4n) is 3.55. The van der Waals surface area contributed by atoms with Crippen LogP contribution in [0.15, 0.2) is 4.99 Å². The molecule has 1 aliphatic rings. The summed E-state index contributed by atoms with van der Waals surface area (Å²) >= 11 is 0. The van der Waals surface area contributed by atoms with E-state index in [4.69, 9.17) is 4.74 Å². The number of hydrogen-bond acceptors (Lipinski definition) is 4. The number of rotatable bonds is 9. The zero-order chi connectivity index (χ0) is 21.2. The summed E-state index contributed by atoms with van der Waals surface area (Å²) in [5, 5.41) is 3.43. The van der Waals surface area contributed by atoms with Gasteiger partial charge in [-0.05, 0) is 52.6 Å². The van der Waals surface area contributed by atoms with Crippen molar-refractivity contribution in [3.8, 4) is 0 Å². The normalized spacial score (nSPS) is 17.3. The summed E-state index contributed by atoms with van der Waals surface area (Å²) in [6.45, 7) is 19.7. The first-order chi connectivity index (χ1) is 13.2. The molecule has 1 fully saturated rings. The number of carbonyl (C=O) groups excluding carboxylic acids is 1. The Morgan fingerprint density at radius 1 is 1.21 bits per heavy atom. The van der Waals surface area contributed by atoms with Gasteiger partial charge in [-0.2, -0.15) is 0 Å². The standard InChI is InChI=1S/C21H43N5O2.HI/c1-8-13-25(20(27)28-21(4,5)6)15-12-23-19(22-7)26-14-11-18(17-26)16-24(9-2)10-3;/h18H,8-17H2,1-7H3,(H,22,23);1H. The monoisotopic (exact) mass is 525 g/mol. The molecule has 0 aromatic rings. The van der Waals surface area contributed by atoms with Crippen LogP contribution in [0.5, 0.6) is 0 Å². The summed E-state index contributed by atoms with van der Waals surface area (Å²) in [5.74, 6) is 1.62. The molecule has 172 valence electrons. The highest BCUT2D eigenvalue weighted by atomic mass is 127. The molecule has 8 heteroatoms.